The van der Waals surface area contributed by atoms with Gasteiger partial charge in [-0.05, 0) is 61.4 Å². The van der Waals surface area contributed by atoms with E-state index in [-0.39, 0.29) is 11.4 Å². The standard InChI is InChI=1S/C21H22N4O2/c1-3-6-18-14(2)13-17(20(22)26)21(25-18)27-16-10-8-15(9-11-16)24-19-7-4-5-12-23-19/h4-5,7-13H,3,6H2,1-2H3,(H2,22,26)(H,23,24). The molecule has 3 N–H and O–H groups in total. The molecule has 0 radical (unpaired) electrons. The number of primary amides is 1. The number of benzene rings is 1. The number of nitrogens with one attached hydrogen (secondary N) is 1. The predicted molar refractivity (Wildman–Crippen MR) is 106 cm³/mol. The Morgan fingerprint density at radius 3 is 2.59 bits per heavy atom. The molecule has 0 fully saturated rings. The number of amides is 1. The van der Waals surface area contributed by atoms with Crippen LogP contribution in [0.15, 0.2) is 54.7 Å². The number of carbonyl (C=O) groups excluding carboxylic acids is 1. The Bertz CT molecular complexity index is 925. The number of hydrogen-bond donors (Lipinski definition) is 2. The third-order valence-corrected chi connectivity index (χ3v) is 4.04. The van der Waals surface area contributed by atoms with E-state index in [9.17, 15) is 4.79 Å². The fraction of sp³-hybridized carbons (Fsp3) is 0.190. The lowest BCUT2D eigenvalue weighted by molar-refractivity contribution is 0.0997. The minimum absolute atomic E-state index is 0.238. The van der Waals surface area contributed by atoms with Crippen LogP contribution in [0.3, 0.4) is 0 Å². The molecule has 0 aliphatic carbocycles. The molecule has 0 aliphatic heterocycles. The van der Waals surface area contributed by atoms with Crippen LogP contribution in [-0.2, 0) is 6.42 Å². The Hall–Kier alpha value is -3.41. The van der Waals surface area contributed by atoms with E-state index in [2.05, 4.69) is 22.2 Å². The Morgan fingerprint density at radius 1 is 1.19 bits per heavy atom. The van der Waals surface area contributed by atoms with Gasteiger partial charge in [0.25, 0.3) is 5.91 Å². The Kier molecular flexibility index (Phi) is 5.66. The SMILES string of the molecule is CCCc1nc(Oc2ccc(Nc3ccccn3)cc2)c(C(N)=O)cc1C. The van der Waals surface area contributed by atoms with E-state index in [0.29, 0.717) is 5.75 Å². The third kappa shape index (κ3) is 4.61. The molecule has 0 atom stereocenters. The Labute approximate surface area is 158 Å². The lowest BCUT2D eigenvalue weighted by Gasteiger charge is -2.13. The van der Waals surface area contributed by atoms with Crippen LogP contribution in [0.1, 0.15) is 35.0 Å². The van der Waals surface area contributed by atoms with Gasteiger partial charge in [-0.3, -0.25) is 4.79 Å². The largest absolute Gasteiger partial charge is 0.438 e. The molecule has 6 nitrogen and oxygen atoms in total. The van der Waals surface area contributed by atoms with Crippen molar-refractivity contribution in [3.8, 4) is 11.6 Å². The van der Waals surface area contributed by atoms with Crippen LogP contribution in [0.5, 0.6) is 11.6 Å². The zero-order valence-electron chi connectivity index (χ0n) is 15.4. The number of nitrogens with zero attached hydrogens (tertiary/aromatic N) is 2. The van der Waals surface area contributed by atoms with Gasteiger partial charge in [-0.15, -0.1) is 0 Å². The van der Waals surface area contributed by atoms with Gasteiger partial charge in [-0.1, -0.05) is 19.4 Å². The number of anilines is 2. The van der Waals surface area contributed by atoms with E-state index in [1.54, 1.807) is 24.4 Å². The number of ether oxygens (including phenoxy) is 1. The van der Waals surface area contributed by atoms with Gasteiger partial charge in [0.05, 0.1) is 0 Å². The molecule has 0 unspecified atom stereocenters. The second kappa shape index (κ2) is 8.31. The molecule has 3 rings (SSSR count). The Balaban J connectivity index is 1.82. The fourth-order valence-electron chi connectivity index (χ4n) is 2.68. The summed E-state index contributed by atoms with van der Waals surface area (Å²) in [6.07, 6.45) is 3.49. The van der Waals surface area contributed by atoms with Gasteiger partial charge in [-0.2, -0.15) is 0 Å². The summed E-state index contributed by atoms with van der Waals surface area (Å²) in [4.78, 5) is 20.5. The van der Waals surface area contributed by atoms with Crippen LogP contribution in [0, 0.1) is 6.92 Å². The van der Waals surface area contributed by atoms with E-state index in [0.717, 1.165) is 35.6 Å². The van der Waals surface area contributed by atoms with Gasteiger partial charge < -0.3 is 15.8 Å². The number of aryl methyl sites for hydroxylation is 2. The van der Waals surface area contributed by atoms with E-state index >= 15 is 0 Å². The minimum Gasteiger partial charge on any atom is -0.438 e. The summed E-state index contributed by atoms with van der Waals surface area (Å²) in [5.74, 6) is 1.01. The highest BCUT2D eigenvalue weighted by Crippen LogP contribution is 2.27. The van der Waals surface area contributed by atoms with E-state index < -0.39 is 5.91 Å². The van der Waals surface area contributed by atoms with Gasteiger partial charge in [0, 0.05) is 17.6 Å². The van der Waals surface area contributed by atoms with Crippen molar-refractivity contribution in [2.24, 2.45) is 5.73 Å². The van der Waals surface area contributed by atoms with Crippen molar-refractivity contribution in [1.82, 2.24) is 9.97 Å². The van der Waals surface area contributed by atoms with Gasteiger partial charge in [0.15, 0.2) is 0 Å². The van der Waals surface area contributed by atoms with Crippen LogP contribution in [0.2, 0.25) is 0 Å². The second-order valence-electron chi connectivity index (χ2n) is 6.19. The van der Waals surface area contributed by atoms with Crippen LogP contribution in [0.4, 0.5) is 11.5 Å². The maximum Gasteiger partial charge on any atom is 0.254 e. The lowest BCUT2D eigenvalue weighted by atomic mass is 10.1. The topological polar surface area (TPSA) is 90.1 Å². The maximum atomic E-state index is 11.8. The zero-order chi connectivity index (χ0) is 19.2. The smallest absolute Gasteiger partial charge is 0.254 e. The van der Waals surface area contributed by atoms with Crippen molar-refractivity contribution in [3.63, 3.8) is 0 Å². The maximum absolute atomic E-state index is 11.8. The first-order valence-corrected chi connectivity index (χ1v) is 8.83. The number of carbonyl (C=O) groups is 1. The molecular formula is C21H22N4O2. The Morgan fingerprint density at radius 2 is 1.96 bits per heavy atom. The first kappa shape index (κ1) is 18.4. The second-order valence-corrected chi connectivity index (χ2v) is 6.19. The zero-order valence-corrected chi connectivity index (χ0v) is 15.4. The summed E-state index contributed by atoms with van der Waals surface area (Å²) in [7, 11) is 0. The summed E-state index contributed by atoms with van der Waals surface area (Å²) < 4.78 is 5.86. The minimum atomic E-state index is -0.558. The number of nitrogens with two attached hydrogens (primary N) is 1. The van der Waals surface area contributed by atoms with Crippen molar-refractivity contribution >= 4 is 17.4 Å². The predicted octanol–water partition coefficient (Wildman–Crippen LogP) is 4.37. The molecule has 2 aromatic heterocycles. The van der Waals surface area contributed by atoms with Gasteiger partial charge in [-0.25, -0.2) is 9.97 Å². The molecule has 0 saturated heterocycles. The first-order valence-electron chi connectivity index (χ1n) is 8.83. The van der Waals surface area contributed by atoms with Crippen molar-refractivity contribution in [1.29, 1.82) is 0 Å². The summed E-state index contributed by atoms with van der Waals surface area (Å²) in [6.45, 7) is 4.00. The normalized spacial score (nSPS) is 10.4. The lowest BCUT2D eigenvalue weighted by Crippen LogP contribution is -2.14. The fourth-order valence-corrected chi connectivity index (χ4v) is 2.68. The highest BCUT2D eigenvalue weighted by Gasteiger charge is 2.15. The molecule has 3 aromatic rings. The number of pyridine rings is 2. The number of rotatable bonds is 7. The molecule has 6 heteroatoms. The quantitative estimate of drug-likeness (QED) is 0.651. The summed E-state index contributed by atoms with van der Waals surface area (Å²) in [6, 6.07) is 14.7. The molecule has 0 spiro atoms. The molecule has 1 amide bonds. The van der Waals surface area contributed by atoms with E-state index in [1.807, 2.05) is 37.3 Å². The molecule has 0 bridgehead atoms. The third-order valence-electron chi connectivity index (χ3n) is 4.04. The molecule has 138 valence electrons. The average Bonchev–Trinajstić information content (AvgIpc) is 2.66. The van der Waals surface area contributed by atoms with Crippen LogP contribution >= 0.6 is 0 Å². The van der Waals surface area contributed by atoms with Crippen molar-refractivity contribution < 1.29 is 9.53 Å². The molecule has 27 heavy (non-hydrogen) atoms. The average molecular weight is 362 g/mol. The summed E-state index contributed by atoms with van der Waals surface area (Å²) in [5.41, 5.74) is 8.50. The highest BCUT2D eigenvalue weighted by atomic mass is 16.5. The molecule has 2 heterocycles. The van der Waals surface area contributed by atoms with Gasteiger partial charge in [0.1, 0.15) is 17.1 Å². The molecule has 1 aromatic carbocycles. The van der Waals surface area contributed by atoms with E-state index in [4.69, 9.17) is 10.5 Å². The van der Waals surface area contributed by atoms with Crippen LogP contribution in [0.25, 0.3) is 0 Å². The molecule has 0 saturated carbocycles. The molecular weight excluding hydrogens is 340 g/mol. The number of hydrogen-bond acceptors (Lipinski definition) is 5. The van der Waals surface area contributed by atoms with Crippen LogP contribution < -0.4 is 15.8 Å². The highest BCUT2D eigenvalue weighted by molar-refractivity contribution is 5.95. The van der Waals surface area contributed by atoms with E-state index in [1.165, 1.54) is 0 Å². The van der Waals surface area contributed by atoms with Crippen molar-refractivity contribution in [2.75, 3.05) is 5.32 Å². The van der Waals surface area contributed by atoms with Crippen molar-refractivity contribution in [3.05, 3.63) is 71.5 Å². The van der Waals surface area contributed by atoms with Crippen LogP contribution in [-0.4, -0.2) is 15.9 Å². The van der Waals surface area contributed by atoms with Gasteiger partial charge in [0.2, 0.25) is 5.88 Å². The summed E-state index contributed by atoms with van der Waals surface area (Å²) in [5, 5.41) is 3.20. The number of aromatic nitrogens is 2. The van der Waals surface area contributed by atoms with Gasteiger partial charge >= 0.3 is 0 Å². The van der Waals surface area contributed by atoms with Crippen molar-refractivity contribution in [2.45, 2.75) is 26.7 Å². The molecule has 0 aliphatic rings. The summed E-state index contributed by atoms with van der Waals surface area (Å²) >= 11 is 0. The monoisotopic (exact) mass is 362 g/mol. The first-order chi connectivity index (χ1) is 13.1.